The zero-order valence-corrected chi connectivity index (χ0v) is 24.6. The maximum atomic E-state index is 6.95. The fourth-order valence-electron chi connectivity index (χ4n) is 6.27. The number of benzene rings is 6. The highest BCUT2D eigenvalue weighted by atomic mass is 35.5. The minimum Gasteiger partial charge on any atom is -0.285 e. The summed E-state index contributed by atoms with van der Waals surface area (Å²) in [6.07, 6.45) is 0. The molecule has 9 aromatic rings. The predicted molar refractivity (Wildman–Crippen MR) is 183 cm³/mol. The molecule has 3 heterocycles. The van der Waals surface area contributed by atoms with E-state index in [1.807, 2.05) is 0 Å². The van der Waals surface area contributed by atoms with Crippen LogP contribution in [-0.2, 0) is 0 Å². The van der Waals surface area contributed by atoms with Crippen LogP contribution in [0.2, 0.25) is 5.02 Å². The Labute approximate surface area is 254 Å². The normalized spacial score (nSPS) is 11.9. The Morgan fingerprint density at radius 1 is 0.548 bits per heavy atom. The SMILES string of the molecule is Clc1cc2sc3ccccc3c2c2nc(-n3c4cc(-c5ccccc5)ccc4c4c(-c5ccccc5)cccc43)sc12. The first-order valence-corrected chi connectivity index (χ1v) is 15.8. The minimum atomic E-state index is 0.753. The Hall–Kier alpha value is -4.48. The van der Waals surface area contributed by atoms with Crippen LogP contribution in [-0.4, -0.2) is 9.55 Å². The molecule has 6 aromatic carbocycles. The van der Waals surface area contributed by atoms with Crippen molar-refractivity contribution in [3.05, 3.63) is 132 Å². The van der Waals surface area contributed by atoms with Crippen LogP contribution >= 0.6 is 34.3 Å². The predicted octanol–water partition coefficient (Wildman–Crippen LogP) is 11.7. The van der Waals surface area contributed by atoms with Crippen LogP contribution in [0.4, 0.5) is 0 Å². The van der Waals surface area contributed by atoms with E-state index in [4.69, 9.17) is 16.6 Å². The van der Waals surface area contributed by atoms with Gasteiger partial charge in [-0.05, 0) is 46.5 Å². The monoisotopic (exact) mass is 592 g/mol. The van der Waals surface area contributed by atoms with Gasteiger partial charge in [0, 0.05) is 30.9 Å². The van der Waals surface area contributed by atoms with Crippen LogP contribution in [0.1, 0.15) is 0 Å². The summed E-state index contributed by atoms with van der Waals surface area (Å²) in [4.78, 5) is 5.38. The average molecular weight is 593 g/mol. The molecule has 0 aliphatic heterocycles. The summed E-state index contributed by atoms with van der Waals surface area (Å²) in [5.74, 6) is 0. The minimum absolute atomic E-state index is 0.753. The quantitative estimate of drug-likeness (QED) is 0.199. The standard InChI is InChI=1S/C37H21ClN2S2/c38-28-21-32-34(27-14-7-8-17-31(27)41-32)35-36(28)42-37(39-35)40-29-16-9-15-25(23-12-5-2-6-13-23)33(29)26-19-18-24(20-30(26)40)22-10-3-1-4-11-22/h1-21H. The van der Waals surface area contributed by atoms with Gasteiger partial charge in [-0.2, -0.15) is 0 Å². The van der Waals surface area contributed by atoms with E-state index in [0.29, 0.717) is 0 Å². The molecule has 0 N–H and O–H groups in total. The molecule has 0 amide bonds. The van der Waals surface area contributed by atoms with Gasteiger partial charge in [0.15, 0.2) is 5.13 Å². The average Bonchev–Trinajstić information content (AvgIpc) is 3.73. The van der Waals surface area contributed by atoms with Crippen LogP contribution in [0, 0.1) is 0 Å². The van der Waals surface area contributed by atoms with Gasteiger partial charge in [-0.15, -0.1) is 11.3 Å². The Bertz CT molecular complexity index is 2470. The second-order valence-electron chi connectivity index (χ2n) is 10.5. The van der Waals surface area contributed by atoms with Crippen molar-refractivity contribution in [1.82, 2.24) is 9.55 Å². The van der Waals surface area contributed by atoms with Gasteiger partial charge in [0.2, 0.25) is 0 Å². The van der Waals surface area contributed by atoms with Gasteiger partial charge in [-0.25, -0.2) is 4.98 Å². The Balaban J connectivity index is 1.41. The molecule has 0 bridgehead atoms. The molecule has 0 aliphatic rings. The lowest BCUT2D eigenvalue weighted by atomic mass is 9.98. The number of halogens is 1. The van der Waals surface area contributed by atoms with Crippen molar-refractivity contribution in [3.8, 4) is 27.4 Å². The van der Waals surface area contributed by atoms with Crippen molar-refractivity contribution in [3.63, 3.8) is 0 Å². The number of hydrogen-bond donors (Lipinski definition) is 0. The molecule has 198 valence electrons. The Kier molecular flexibility index (Phi) is 5.33. The first kappa shape index (κ1) is 24.2. The second kappa shape index (κ2) is 9.27. The number of aromatic nitrogens is 2. The summed E-state index contributed by atoms with van der Waals surface area (Å²) in [6, 6.07) is 45.3. The molecular formula is C37H21ClN2S2. The van der Waals surface area contributed by atoms with Gasteiger partial charge in [0.05, 0.1) is 26.3 Å². The Morgan fingerprint density at radius 2 is 1.31 bits per heavy atom. The van der Waals surface area contributed by atoms with Crippen molar-refractivity contribution in [2.75, 3.05) is 0 Å². The number of fused-ring (bicyclic) bond motifs is 8. The second-order valence-corrected chi connectivity index (χ2v) is 13.0. The molecule has 0 saturated heterocycles. The van der Waals surface area contributed by atoms with E-state index < -0.39 is 0 Å². The molecule has 0 fully saturated rings. The van der Waals surface area contributed by atoms with E-state index in [0.717, 1.165) is 31.4 Å². The van der Waals surface area contributed by atoms with Crippen molar-refractivity contribution in [2.45, 2.75) is 0 Å². The number of thiophene rings is 1. The Morgan fingerprint density at radius 3 is 2.14 bits per heavy atom. The van der Waals surface area contributed by atoms with Crippen molar-refractivity contribution in [2.24, 2.45) is 0 Å². The number of rotatable bonds is 3. The van der Waals surface area contributed by atoms with Crippen molar-refractivity contribution < 1.29 is 0 Å². The molecule has 0 unspecified atom stereocenters. The highest BCUT2D eigenvalue weighted by molar-refractivity contribution is 7.26. The third-order valence-electron chi connectivity index (χ3n) is 8.12. The number of hydrogen-bond acceptors (Lipinski definition) is 3. The lowest BCUT2D eigenvalue weighted by Crippen LogP contribution is -1.93. The maximum absolute atomic E-state index is 6.95. The van der Waals surface area contributed by atoms with Gasteiger partial charge in [-0.3, -0.25) is 4.57 Å². The van der Waals surface area contributed by atoms with Crippen LogP contribution in [0.15, 0.2) is 127 Å². The molecular weight excluding hydrogens is 572 g/mol. The molecule has 2 nitrogen and oxygen atoms in total. The first-order chi connectivity index (χ1) is 20.7. The molecule has 0 atom stereocenters. The summed E-state index contributed by atoms with van der Waals surface area (Å²) < 4.78 is 5.79. The molecule has 0 spiro atoms. The molecule has 5 heteroatoms. The summed E-state index contributed by atoms with van der Waals surface area (Å²) in [7, 11) is 0. The largest absolute Gasteiger partial charge is 0.285 e. The van der Waals surface area contributed by atoms with Crippen LogP contribution in [0.5, 0.6) is 0 Å². The van der Waals surface area contributed by atoms with Gasteiger partial charge < -0.3 is 0 Å². The van der Waals surface area contributed by atoms with E-state index in [9.17, 15) is 0 Å². The lowest BCUT2D eigenvalue weighted by Gasteiger charge is -2.06. The van der Waals surface area contributed by atoms with Crippen molar-refractivity contribution >= 4 is 86.5 Å². The zero-order valence-electron chi connectivity index (χ0n) is 22.2. The molecule has 0 saturated carbocycles. The van der Waals surface area contributed by atoms with Crippen LogP contribution in [0.25, 0.3) is 79.6 Å². The highest BCUT2D eigenvalue weighted by Gasteiger charge is 2.21. The summed E-state index contributed by atoms with van der Waals surface area (Å²) in [5.41, 5.74) is 8.04. The maximum Gasteiger partial charge on any atom is 0.195 e. The zero-order chi connectivity index (χ0) is 27.8. The lowest BCUT2D eigenvalue weighted by molar-refractivity contribution is 1.15. The van der Waals surface area contributed by atoms with Crippen molar-refractivity contribution in [1.29, 1.82) is 0 Å². The smallest absolute Gasteiger partial charge is 0.195 e. The number of thiazole rings is 1. The van der Waals surface area contributed by atoms with Gasteiger partial charge in [0.1, 0.15) is 0 Å². The molecule has 42 heavy (non-hydrogen) atoms. The third-order valence-corrected chi connectivity index (χ3v) is 10.7. The van der Waals surface area contributed by atoms with Crippen LogP contribution < -0.4 is 0 Å². The fraction of sp³-hybridized carbons (Fsp3) is 0. The highest BCUT2D eigenvalue weighted by Crippen LogP contribution is 2.46. The fourth-order valence-corrected chi connectivity index (χ4v) is 8.80. The summed E-state index contributed by atoms with van der Waals surface area (Å²) >= 11 is 10.4. The van der Waals surface area contributed by atoms with E-state index in [-0.39, 0.29) is 0 Å². The summed E-state index contributed by atoms with van der Waals surface area (Å²) in [5, 5.41) is 6.54. The molecule has 0 aliphatic carbocycles. The topological polar surface area (TPSA) is 17.8 Å². The van der Waals surface area contributed by atoms with E-state index in [1.54, 1.807) is 22.7 Å². The summed E-state index contributed by atoms with van der Waals surface area (Å²) in [6.45, 7) is 0. The van der Waals surface area contributed by atoms with Gasteiger partial charge in [0.25, 0.3) is 0 Å². The van der Waals surface area contributed by atoms with E-state index in [1.165, 1.54) is 53.2 Å². The molecule has 0 radical (unpaired) electrons. The number of nitrogens with zero attached hydrogens (tertiary/aromatic N) is 2. The first-order valence-electron chi connectivity index (χ1n) is 13.8. The van der Waals surface area contributed by atoms with Crippen LogP contribution in [0.3, 0.4) is 0 Å². The van der Waals surface area contributed by atoms with E-state index >= 15 is 0 Å². The third kappa shape index (κ3) is 3.53. The van der Waals surface area contributed by atoms with Gasteiger partial charge >= 0.3 is 0 Å². The van der Waals surface area contributed by atoms with Gasteiger partial charge in [-0.1, -0.05) is 126 Å². The molecule has 3 aromatic heterocycles. The van der Waals surface area contributed by atoms with E-state index in [2.05, 4.69) is 132 Å². The molecule has 9 rings (SSSR count).